The SMILES string of the molecule is CC1(C)CCC[C@H]1c1cc(C(=O)N[C@H]2c3ccccc3C[C@H]2O)ccc1O.COC(=O)c1ccc(O)c([C@@H]2CCCC2(C)C)c1.COC(=O)c1ccc(O)c([C@H]2CCCC2(C)C)c1. The summed E-state index contributed by atoms with van der Waals surface area (Å²) in [5.74, 6) is 0.766. The Morgan fingerprint density at radius 3 is 1.32 bits per heavy atom. The Balaban J connectivity index is 0.000000163. The number of hydrogen-bond acceptors (Lipinski definition) is 9. The van der Waals surface area contributed by atoms with Gasteiger partial charge in [-0.15, -0.1) is 0 Å². The van der Waals surface area contributed by atoms with Crippen LogP contribution in [0.15, 0.2) is 78.9 Å². The molecule has 63 heavy (non-hydrogen) atoms. The van der Waals surface area contributed by atoms with Crippen LogP contribution in [0.5, 0.6) is 17.2 Å². The number of aromatic hydroxyl groups is 3. The average molecular weight is 862 g/mol. The van der Waals surface area contributed by atoms with Crippen molar-refractivity contribution in [2.45, 2.75) is 136 Å². The number of rotatable bonds is 7. The number of phenolic OH excluding ortho intramolecular Hbond substituents is 3. The van der Waals surface area contributed by atoms with Gasteiger partial charge >= 0.3 is 11.9 Å². The summed E-state index contributed by atoms with van der Waals surface area (Å²) in [4.78, 5) is 36.0. The number of carbonyl (C=O) groups is 3. The summed E-state index contributed by atoms with van der Waals surface area (Å²) in [6.45, 7) is 13.3. The maximum atomic E-state index is 12.9. The average Bonchev–Trinajstić information content (AvgIpc) is 4.00. The Morgan fingerprint density at radius 1 is 0.556 bits per heavy atom. The molecular formula is C53H67NO9. The van der Waals surface area contributed by atoms with Gasteiger partial charge in [-0.3, -0.25) is 4.79 Å². The number of aliphatic hydroxyl groups excluding tert-OH is 1. The first-order chi connectivity index (χ1) is 29.8. The van der Waals surface area contributed by atoms with E-state index in [1.807, 2.05) is 30.3 Å². The molecule has 10 nitrogen and oxygen atoms in total. The minimum absolute atomic E-state index is 0.118. The summed E-state index contributed by atoms with van der Waals surface area (Å²) in [6.07, 6.45) is 9.99. The molecule has 4 aliphatic rings. The molecule has 0 unspecified atom stereocenters. The molecule has 0 bridgehead atoms. The molecule has 4 aromatic carbocycles. The van der Waals surface area contributed by atoms with Gasteiger partial charge < -0.3 is 35.2 Å². The third-order valence-electron chi connectivity index (χ3n) is 14.6. The number of carbonyl (C=O) groups excluding carboxylic acids is 3. The number of benzene rings is 4. The van der Waals surface area contributed by atoms with Gasteiger partial charge in [0.05, 0.1) is 37.5 Å². The lowest BCUT2D eigenvalue weighted by Gasteiger charge is -2.28. The van der Waals surface area contributed by atoms with Gasteiger partial charge in [0.25, 0.3) is 5.91 Å². The molecule has 3 fully saturated rings. The van der Waals surface area contributed by atoms with E-state index in [0.717, 1.165) is 72.8 Å². The highest BCUT2D eigenvalue weighted by Crippen LogP contribution is 2.53. The van der Waals surface area contributed by atoms with Crippen molar-refractivity contribution in [3.63, 3.8) is 0 Å². The molecule has 0 aromatic heterocycles. The summed E-state index contributed by atoms with van der Waals surface area (Å²) < 4.78 is 9.45. The van der Waals surface area contributed by atoms with Crippen LogP contribution in [-0.4, -0.2) is 58.6 Å². The van der Waals surface area contributed by atoms with Crippen molar-refractivity contribution in [2.24, 2.45) is 16.2 Å². The van der Waals surface area contributed by atoms with Gasteiger partial charge in [-0.1, -0.05) is 85.1 Å². The number of phenols is 3. The van der Waals surface area contributed by atoms with Crippen LogP contribution in [0.25, 0.3) is 0 Å². The molecule has 4 aromatic rings. The fourth-order valence-electron chi connectivity index (χ4n) is 10.8. The highest BCUT2D eigenvalue weighted by molar-refractivity contribution is 5.95. The van der Waals surface area contributed by atoms with Crippen molar-refractivity contribution in [1.29, 1.82) is 0 Å². The van der Waals surface area contributed by atoms with Crippen LogP contribution in [0.3, 0.4) is 0 Å². The Labute approximate surface area is 373 Å². The summed E-state index contributed by atoms with van der Waals surface area (Å²) in [6, 6.07) is 22.5. The van der Waals surface area contributed by atoms with E-state index in [9.17, 15) is 34.8 Å². The Hall–Kier alpha value is -5.35. The largest absolute Gasteiger partial charge is 0.508 e. The van der Waals surface area contributed by atoms with Crippen LogP contribution < -0.4 is 5.32 Å². The van der Waals surface area contributed by atoms with Gasteiger partial charge in [0.15, 0.2) is 0 Å². The van der Waals surface area contributed by atoms with Crippen molar-refractivity contribution in [2.75, 3.05) is 14.2 Å². The van der Waals surface area contributed by atoms with E-state index in [2.05, 4.69) is 46.9 Å². The highest BCUT2D eigenvalue weighted by atomic mass is 16.5. The minimum atomic E-state index is -0.614. The number of esters is 2. The summed E-state index contributed by atoms with van der Waals surface area (Å²) in [5.41, 5.74) is 6.68. The topological polar surface area (TPSA) is 163 Å². The van der Waals surface area contributed by atoms with E-state index in [-0.39, 0.29) is 57.3 Å². The van der Waals surface area contributed by atoms with Crippen molar-refractivity contribution >= 4 is 17.8 Å². The molecule has 0 saturated heterocycles. The molecule has 0 aliphatic heterocycles. The maximum Gasteiger partial charge on any atom is 0.337 e. The zero-order chi connectivity index (χ0) is 45.9. The molecule has 8 rings (SSSR count). The number of hydrogen-bond donors (Lipinski definition) is 5. The van der Waals surface area contributed by atoms with Crippen LogP contribution in [0.1, 0.15) is 182 Å². The first-order valence-electron chi connectivity index (χ1n) is 22.5. The fourth-order valence-corrected chi connectivity index (χ4v) is 10.8. The molecule has 3 saturated carbocycles. The van der Waals surface area contributed by atoms with E-state index in [1.54, 1.807) is 48.5 Å². The van der Waals surface area contributed by atoms with E-state index >= 15 is 0 Å². The Kier molecular flexibility index (Phi) is 14.3. The number of amides is 1. The molecule has 10 heteroatoms. The lowest BCUT2D eigenvalue weighted by atomic mass is 9.77. The number of fused-ring (bicyclic) bond motifs is 1. The number of ether oxygens (including phenoxy) is 2. The second-order valence-electron chi connectivity index (χ2n) is 20.0. The van der Waals surface area contributed by atoms with Crippen LogP contribution in [0.4, 0.5) is 0 Å². The molecule has 4 aliphatic carbocycles. The van der Waals surface area contributed by atoms with E-state index in [0.29, 0.717) is 34.9 Å². The van der Waals surface area contributed by atoms with E-state index < -0.39 is 12.1 Å². The predicted molar refractivity (Wildman–Crippen MR) is 244 cm³/mol. The van der Waals surface area contributed by atoms with Gasteiger partial charge in [0.1, 0.15) is 17.2 Å². The van der Waals surface area contributed by atoms with Gasteiger partial charge in [-0.05, 0) is 155 Å². The van der Waals surface area contributed by atoms with E-state index in [4.69, 9.17) is 9.47 Å². The Morgan fingerprint density at radius 2 is 0.937 bits per heavy atom. The Bertz CT molecular complexity index is 2210. The molecule has 0 radical (unpaired) electrons. The normalized spacial score (nSPS) is 23.6. The molecule has 0 heterocycles. The summed E-state index contributed by atoms with van der Waals surface area (Å²) in [7, 11) is 2.74. The van der Waals surface area contributed by atoms with Crippen LogP contribution in [-0.2, 0) is 15.9 Å². The van der Waals surface area contributed by atoms with Gasteiger partial charge in [-0.2, -0.15) is 0 Å². The molecular weight excluding hydrogens is 795 g/mol. The fraction of sp³-hybridized carbons (Fsp3) is 0.491. The van der Waals surface area contributed by atoms with Crippen LogP contribution >= 0.6 is 0 Å². The third-order valence-corrected chi connectivity index (χ3v) is 14.6. The zero-order valence-electron chi connectivity index (χ0n) is 38.3. The quantitative estimate of drug-likeness (QED) is 0.114. The van der Waals surface area contributed by atoms with Crippen molar-refractivity contribution in [3.05, 3.63) is 123 Å². The monoisotopic (exact) mass is 861 g/mol. The summed E-state index contributed by atoms with van der Waals surface area (Å²) in [5, 5.41) is 43.8. The molecule has 338 valence electrons. The first-order valence-corrected chi connectivity index (χ1v) is 22.5. The first kappa shape index (κ1) is 47.1. The van der Waals surface area contributed by atoms with Crippen molar-refractivity contribution in [1.82, 2.24) is 5.32 Å². The molecule has 5 atom stereocenters. The van der Waals surface area contributed by atoms with Crippen molar-refractivity contribution < 1.29 is 44.3 Å². The van der Waals surface area contributed by atoms with Crippen molar-refractivity contribution in [3.8, 4) is 17.2 Å². The number of nitrogens with one attached hydrogen (secondary N) is 1. The van der Waals surface area contributed by atoms with Gasteiger partial charge in [0, 0.05) is 12.0 Å². The molecule has 5 N–H and O–H groups in total. The lowest BCUT2D eigenvalue weighted by Crippen LogP contribution is -2.34. The predicted octanol–water partition coefficient (Wildman–Crippen LogP) is 11.0. The molecule has 1 amide bonds. The van der Waals surface area contributed by atoms with Gasteiger partial charge in [0.2, 0.25) is 0 Å². The third kappa shape index (κ3) is 10.4. The second-order valence-corrected chi connectivity index (χ2v) is 20.0. The highest BCUT2D eigenvalue weighted by Gasteiger charge is 2.40. The van der Waals surface area contributed by atoms with Crippen LogP contribution in [0, 0.1) is 16.2 Å². The number of methoxy groups -OCH3 is 2. The smallest absolute Gasteiger partial charge is 0.337 e. The summed E-state index contributed by atoms with van der Waals surface area (Å²) >= 11 is 0. The van der Waals surface area contributed by atoms with E-state index in [1.165, 1.54) is 27.1 Å². The van der Waals surface area contributed by atoms with Gasteiger partial charge in [-0.25, -0.2) is 9.59 Å². The lowest BCUT2D eigenvalue weighted by molar-refractivity contribution is 0.0591. The second kappa shape index (κ2) is 19.2. The maximum absolute atomic E-state index is 12.9. The zero-order valence-corrected chi connectivity index (χ0v) is 38.3. The molecule has 0 spiro atoms. The minimum Gasteiger partial charge on any atom is -0.508 e. The standard InChI is InChI=1S/C23H27NO3.2C15H20O3/c1-23(2)11-5-8-18(23)17-12-15(9-10-19(17)25)22(27)24-21-16-7-4-3-6-14(16)13-20(21)26;2*1-15(2)8-4-5-12(15)11-9-10(14(17)18-3)6-7-13(11)16/h3-4,6-7,9-10,12,18,20-21,25-26H,5,8,11,13H2,1-2H3,(H,24,27);2*6-7,9,12,16H,4-5,8H2,1-3H3/t18-,20+,21-;2*12-/m010/s1. The number of aliphatic hydroxyl groups is 1. The van der Waals surface area contributed by atoms with Crippen LogP contribution in [0.2, 0.25) is 0 Å².